The van der Waals surface area contributed by atoms with Gasteiger partial charge in [-0.3, -0.25) is 4.79 Å². The van der Waals surface area contributed by atoms with E-state index in [1.165, 1.54) is 16.4 Å². The third-order valence-corrected chi connectivity index (χ3v) is 6.43. The Bertz CT molecular complexity index is 843. The van der Waals surface area contributed by atoms with Gasteiger partial charge in [-0.1, -0.05) is 30.3 Å². The summed E-state index contributed by atoms with van der Waals surface area (Å²) in [7, 11) is -1.53. The van der Waals surface area contributed by atoms with Crippen LogP contribution in [0.5, 0.6) is 0 Å². The van der Waals surface area contributed by atoms with E-state index in [1.807, 2.05) is 37.4 Å². The van der Waals surface area contributed by atoms with Gasteiger partial charge in [-0.25, -0.2) is 8.42 Å². The molecular weight excluding hydrogens is 350 g/mol. The maximum absolute atomic E-state index is 12.7. The zero-order chi connectivity index (χ0) is 18.6. The summed E-state index contributed by atoms with van der Waals surface area (Å²) in [6.45, 7) is 2.84. The van der Waals surface area contributed by atoms with Crippen molar-refractivity contribution >= 4 is 15.9 Å². The Balaban J connectivity index is 1.65. The highest BCUT2D eigenvalue weighted by molar-refractivity contribution is 7.89. The predicted molar refractivity (Wildman–Crippen MR) is 100 cm³/mol. The molecule has 138 valence electrons. The van der Waals surface area contributed by atoms with Crippen LogP contribution in [-0.2, 0) is 16.6 Å². The summed E-state index contributed by atoms with van der Waals surface area (Å²) in [5.41, 5.74) is 1.45. The van der Waals surface area contributed by atoms with Gasteiger partial charge in [0, 0.05) is 38.3 Å². The topological polar surface area (TPSA) is 69.7 Å². The summed E-state index contributed by atoms with van der Waals surface area (Å²) in [6.07, 6.45) is 0. The van der Waals surface area contributed by atoms with Crippen LogP contribution in [0.3, 0.4) is 0 Å². The maximum Gasteiger partial charge on any atom is 0.251 e. The van der Waals surface area contributed by atoms with Crippen LogP contribution >= 0.6 is 0 Å². The van der Waals surface area contributed by atoms with Crippen LogP contribution in [0.4, 0.5) is 0 Å². The third-order valence-electron chi connectivity index (χ3n) is 4.51. The summed E-state index contributed by atoms with van der Waals surface area (Å²) >= 11 is 0. The molecule has 3 rings (SSSR count). The zero-order valence-electron chi connectivity index (χ0n) is 14.8. The molecule has 0 aliphatic carbocycles. The Morgan fingerprint density at radius 3 is 2.19 bits per heavy atom. The molecule has 2 aromatic carbocycles. The Labute approximate surface area is 154 Å². The number of benzene rings is 2. The Hall–Kier alpha value is -2.22. The second-order valence-corrected chi connectivity index (χ2v) is 8.34. The van der Waals surface area contributed by atoms with Crippen LogP contribution in [0.25, 0.3) is 0 Å². The first-order valence-electron chi connectivity index (χ1n) is 8.58. The van der Waals surface area contributed by atoms with Crippen LogP contribution in [0.15, 0.2) is 59.5 Å². The number of hydrogen-bond acceptors (Lipinski definition) is 4. The second kappa shape index (κ2) is 7.99. The van der Waals surface area contributed by atoms with Gasteiger partial charge in [-0.05, 0) is 36.9 Å². The average molecular weight is 373 g/mol. The van der Waals surface area contributed by atoms with Gasteiger partial charge in [0.2, 0.25) is 10.0 Å². The van der Waals surface area contributed by atoms with Crippen molar-refractivity contribution in [3.63, 3.8) is 0 Å². The minimum Gasteiger partial charge on any atom is -0.348 e. The summed E-state index contributed by atoms with van der Waals surface area (Å²) in [5.74, 6) is -0.225. The average Bonchev–Trinajstić information content (AvgIpc) is 2.67. The predicted octanol–water partition coefficient (Wildman–Crippen LogP) is 1.55. The molecule has 1 saturated heterocycles. The lowest BCUT2D eigenvalue weighted by atomic mass is 10.2. The van der Waals surface area contributed by atoms with Crippen molar-refractivity contribution in [3.8, 4) is 0 Å². The number of carbonyl (C=O) groups is 1. The minimum atomic E-state index is -3.51. The van der Waals surface area contributed by atoms with Crippen molar-refractivity contribution in [1.82, 2.24) is 14.5 Å². The van der Waals surface area contributed by atoms with E-state index < -0.39 is 10.0 Å². The molecule has 1 N–H and O–H groups in total. The third kappa shape index (κ3) is 4.30. The van der Waals surface area contributed by atoms with Crippen LogP contribution in [0.2, 0.25) is 0 Å². The lowest BCUT2D eigenvalue weighted by Gasteiger charge is -2.31. The Kier molecular flexibility index (Phi) is 5.70. The number of rotatable bonds is 5. The molecule has 26 heavy (non-hydrogen) atoms. The SMILES string of the molecule is CN1CCN(S(=O)(=O)c2ccc(C(=O)NCc3ccccc3)cc2)CC1. The number of hydrogen-bond donors (Lipinski definition) is 1. The molecule has 1 heterocycles. The fourth-order valence-electron chi connectivity index (χ4n) is 2.84. The summed E-state index contributed by atoms with van der Waals surface area (Å²) in [6, 6.07) is 15.8. The van der Waals surface area contributed by atoms with E-state index in [9.17, 15) is 13.2 Å². The van der Waals surface area contributed by atoms with E-state index in [0.717, 1.165) is 18.7 Å². The molecule has 0 atom stereocenters. The van der Waals surface area contributed by atoms with Gasteiger partial charge in [0.1, 0.15) is 0 Å². The van der Waals surface area contributed by atoms with Crippen molar-refractivity contribution in [2.24, 2.45) is 0 Å². The molecule has 0 aromatic heterocycles. The van der Waals surface area contributed by atoms with E-state index in [-0.39, 0.29) is 10.8 Å². The fourth-order valence-corrected chi connectivity index (χ4v) is 4.26. The maximum atomic E-state index is 12.7. The first kappa shape index (κ1) is 18.6. The first-order valence-corrected chi connectivity index (χ1v) is 10.0. The molecular formula is C19H23N3O3S. The summed E-state index contributed by atoms with van der Waals surface area (Å²) < 4.78 is 26.9. The van der Waals surface area contributed by atoms with Crippen molar-refractivity contribution in [2.45, 2.75) is 11.4 Å². The monoisotopic (exact) mass is 373 g/mol. The van der Waals surface area contributed by atoms with E-state index in [1.54, 1.807) is 12.1 Å². The number of nitrogens with zero attached hydrogens (tertiary/aromatic N) is 2. The van der Waals surface area contributed by atoms with E-state index >= 15 is 0 Å². The van der Waals surface area contributed by atoms with Gasteiger partial charge >= 0.3 is 0 Å². The lowest BCUT2D eigenvalue weighted by molar-refractivity contribution is 0.0951. The molecule has 2 aromatic rings. The lowest BCUT2D eigenvalue weighted by Crippen LogP contribution is -2.47. The molecule has 7 heteroatoms. The zero-order valence-corrected chi connectivity index (χ0v) is 15.6. The Morgan fingerprint density at radius 2 is 1.58 bits per heavy atom. The fraction of sp³-hybridized carbons (Fsp3) is 0.316. The van der Waals surface area contributed by atoms with Crippen LogP contribution < -0.4 is 5.32 Å². The quantitative estimate of drug-likeness (QED) is 0.863. The summed E-state index contributed by atoms with van der Waals surface area (Å²) in [5, 5.41) is 2.84. The minimum absolute atomic E-state index is 0.224. The van der Waals surface area contributed by atoms with E-state index in [2.05, 4.69) is 10.2 Å². The van der Waals surface area contributed by atoms with Crippen LogP contribution in [0, 0.1) is 0 Å². The number of likely N-dealkylation sites (N-methyl/N-ethyl adjacent to an activating group) is 1. The molecule has 6 nitrogen and oxygen atoms in total. The van der Waals surface area contributed by atoms with Gasteiger partial charge in [0.15, 0.2) is 0 Å². The normalized spacial score (nSPS) is 16.3. The molecule has 1 aliphatic rings. The number of piperazine rings is 1. The van der Waals surface area contributed by atoms with Crippen molar-refractivity contribution in [2.75, 3.05) is 33.2 Å². The second-order valence-electron chi connectivity index (χ2n) is 6.40. The smallest absolute Gasteiger partial charge is 0.251 e. The van der Waals surface area contributed by atoms with Crippen molar-refractivity contribution in [1.29, 1.82) is 0 Å². The standard InChI is InChI=1S/C19H23N3O3S/c1-21-11-13-22(14-12-21)26(24,25)18-9-7-17(8-10-18)19(23)20-15-16-5-3-2-4-6-16/h2-10H,11-15H2,1H3,(H,20,23). The molecule has 1 aliphatic heterocycles. The van der Waals surface area contributed by atoms with Gasteiger partial charge in [-0.15, -0.1) is 0 Å². The first-order chi connectivity index (χ1) is 12.5. The van der Waals surface area contributed by atoms with Crippen LogP contribution in [0.1, 0.15) is 15.9 Å². The van der Waals surface area contributed by atoms with Gasteiger partial charge < -0.3 is 10.2 Å². The summed E-state index contributed by atoms with van der Waals surface area (Å²) in [4.78, 5) is 14.6. The molecule has 0 bridgehead atoms. The van der Waals surface area contributed by atoms with Crippen molar-refractivity contribution < 1.29 is 13.2 Å². The number of amides is 1. The number of nitrogens with one attached hydrogen (secondary N) is 1. The molecule has 0 radical (unpaired) electrons. The van der Waals surface area contributed by atoms with Gasteiger partial charge in [-0.2, -0.15) is 4.31 Å². The molecule has 1 amide bonds. The Morgan fingerprint density at radius 1 is 0.962 bits per heavy atom. The largest absolute Gasteiger partial charge is 0.348 e. The van der Waals surface area contributed by atoms with E-state index in [4.69, 9.17) is 0 Å². The van der Waals surface area contributed by atoms with Crippen molar-refractivity contribution in [3.05, 3.63) is 65.7 Å². The molecule has 0 unspecified atom stereocenters. The number of carbonyl (C=O) groups excluding carboxylic acids is 1. The molecule has 0 saturated carbocycles. The highest BCUT2D eigenvalue weighted by Gasteiger charge is 2.27. The van der Waals surface area contributed by atoms with Gasteiger partial charge in [0.25, 0.3) is 5.91 Å². The molecule has 1 fully saturated rings. The highest BCUT2D eigenvalue weighted by Crippen LogP contribution is 2.18. The molecule has 0 spiro atoms. The highest BCUT2D eigenvalue weighted by atomic mass is 32.2. The van der Waals surface area contributed by atoms with E-state index in [0.29, 0.717) is 25.2 Å². The van der Waals surface area contributed by atoms with Crippen LogP contribution in [-0.4, -0.2) is 56.8 Å². The van der Waals surface area contributed by atoms with Gasteiger partial charge in [0.05, 0.1) is 4.90 Å². The number of sulfonamides is 1.